The molecule has 0 bridgehead atoms. The molecule has 15 heavy (non-hydrogen) atoms. The maximum atomic E-state index is 11.5. The summed E-state index contributed by atoms with van der Waals surface area (Å²) in [6, 6.07) is 0. The number of aliphatic carboxylic acids is 1. The van der Waals surface area contributed by atoms with Gasteiger partial charge in [0, 0.05) is 25.9 Å². The van der Waals surface area contributed by atoms with Gasteiger partial charge >= 0.3 is 5.97 Å². The van der Waals surface area contributed by atoms with Crippen molar-refractivity contribution in [2.24, 2.45) is 5.92 Å². The van der Waals surface area contributed by atoms with Gasteiger partial charge in [-0.05, 0) is 18.8 Å². The van der Waals surface area contributed by atoms with Crippen LogP contribution in [0.3, 0.4) is 0 Å². The average Bonchev–Trinajstić information content (AvgIpc) is 2.17. The second-order valence-electron chi connectivity index (χ2n) is 3.94. The van der Waals surface area contributed by atoms with E-state index in [4.69, 9.17) is 5.11 Å². The van der Waals surface area contributed by atoms with Crippen molar-refractivity contribution in [2.75, 3.05) is 13.1 Å². The van der Waals surface area contributed by atoms with Crippen LogP contribution in [0.1, 0.15) is 25.7 Å². The van der Waals surface area contributed by atoms with Crippen molar-refractivity contribution in [1.29, 1.82) is 0 Å². The molecule has 0 aliphatic carbocycles. The Morgan fingerprint density at radius 2 is 2.27 bits per heavy atom. The molecule has 1 atom stereocenters. The van der Waals surface area contributed by atoms with E-state index in [1.807, 2.05) is 0 Å². The summed E-state index contributed by atoms with van der Waals surface area (Å²) >= 11 is 0. The minimum atomic E-state index is -0.780. The quantitative estimate of drug-likeness (QED) is 0.712. The van der Waals surface area contributed by atoms with Gasteiger partial charge in [-0.2, -0.15) is 0 Å². The molecule has 4 nitrogen and oxygen atoms in total. The Kier molecular flexibility index (Phi) is 4.34. The number of hydrogen-bond acceptors (Lipinski definition) is 2. The standard InChI is InChI=1S/C11H17NO3/c1-2-4-10(13)12-6-3-5-9(8-12)7-11(14)15/h2,9H,1,3-8H2,(H,14,15). The van der Waals surface area contributed by atoms with E-state index in [-0.39, 0.29) is 18.2 Å². The maximum Gasteiger partial charge on any atom is 0.303 e. The Bertz CT molecular complexity index is 263. The molecule has 4 heteroatoms. The second-order valence-corrected chi connectivity index (χ2v) is 3.94. The van der Waals surface area contributed by atoms with Crippen molar-refractivity contribution < 1.29 is 14.7 Å². The molecule has 1 rings (SSSR count). The summed E-state index contributed by atoms with van der Waals surface area (Å²) in [6.07, 6.45) is 3.91. The van der Waals surface area contributed by atoms with Gasteiger partial charge in [0.2, 0.25) is 5.91 Å². The van der Waals surface area contributed by atoms with Crippen LogP contribution in [-0.4, -0.2) is 35.0 Å². The minimum Gasteiger partial charge on any atom is -0.481 e. The monoisotopic (exact) mass is 211 g/mol. The van der Waals surface area contributed by atoms with Gasteiger partial charge in [-0.25, -0.2) is 0 Å². The molecule has 0 aromatic heterocycles. The number of hydrogen-bond donors (Lipinski definition) is 1. The zero-order valence-corrected chi connectivity index (χ0v) is 8.82. The van der Waals surface area contributed by atoms with Crippen molar-refractivity contribution in [3.8, 4) is 0 Å². The van der Waals surface area contributed by atoms with Crippen molar-refractivity contribution in [2.45, 2.75) is 25.7 Å². The van der Waals surface area contributed by atoms with E-state index in [0.29, 0.717) is 13.0 Å². The van der Waals surface area contributed by atoms with Gasteiger partial charge in [-0.1, -0.05) is 6.08 Å². The summed E-state index contributed by atoms with van der Waals surface area (Å²) in [6.45, 7) is 4.86. The highest BCUT2D eigenvalue weighted by Gasteiger charge is 2.24. The number of rotatable bonds is 4. The van der Waals surface area contributed by atoms with E-state index in [1.165, 1.54) is 0 Å². The first kappa shape index (κ1) is 11.8. The van der Waals surface area contributed by atoms with Crippen molar-refractivity contribution in [3.63, 3.8) is 0 Å². The third kappa shape index (κ3) is 3.73. The number of likely N-dealkylation sites (tertiary alicyclic amines) is 1. The normalized spacial score (nSPS) is 21.1. The Hall–Kier alpha value is -1.32. The zero-order chi connectivity index (χ0) is 11.3. The maximum absolute atomic E-state index is 11.5. The van der Waals surface area contributed by atoms with Crippen LogP contribution in [0.4, 0.5) is 0 Å². The first-order valence-electron chi connectivity index (χ1n) is 5.24. The lowest BCUT2D eigenvalue weighted by molar-refractivity contribution is -0.140. The summed E-state index contributed by atoms with van der Waals surface area (Å²) < 4.78 is 0. The summed E-state index contributed by atoms with van der Waals surface area (Å²) in [5, 5.41) is 8.67. The molecule has 84 valence electrons. The van der Waals surface area contributed by atoms with Gasteiger partial charge in [0.1, 0.15) is 0 Å². The highest BCUT2D eigenvalue weighted by atomic mass is 16.4. The van der Waals surface area contributed by atoms with Gasteiger partial charge < -0.3 is 10.0 Å². The van der Waals surface area contributed by atoms with Gasteiger partial charge in [-0.3, -0.25) is 9.59 Å². The van der Waals surface area contributed by atoms with Crippen LogP contribution in [0.25, 0.3) is 0 Å². The molecule has 0 spiro atoms. The van der Waals surface area contributed by atoms with Gasteiger partial charge in [0.25, 0.3) is 0 Å². The Labute approximate surface area is 89.6 Å². The minimum absolute atomic E-state index is 0.0556. The SMILES string of the molecule is C=CCC(=O)N1CCCC(CC(=O)O)C1. The molecule has 1 fully saturated rings. The van der Waals surface area contributed by atoms with E-state index in [1.54, 1.807) is 11.0 Å². The van der Waals surface area contributed by atoms with Gasteiger partial charge in [0.15, 0.2) is 0 Å². The fourth-order valence-electron chi connectivity index (χ4n) is 1.96. The van der Waals surface area contributed by atoms with Crippen molar-refractivity contribution in [1.82, 2.24) is 4.90 Å². The molecule has 1 N–H and O–H groups in total. The largest absolute Gasteiger partial charge is 0.481 e. The van der Waals surface area contributed by atoms with Crippen LogP contribution in [0, 0.1) is 5.92 Å². The number of carbonyl (C=O) groups excluding carboxylic acids is 1. The number of amides is 1. The number of carboxylic acid groups (broad SMARTS) is 1. The van der Waals surface area contributed by atoms with Crippen LogP contribution in [0.2, 0.25) is 0 Å². The Morgan fingerprint density at radius 1 is 1.53 bits per heavy atom. The number of nitrogens with zero attached hydrogens (tertiary/aromatic N) is 1. The van der Waals surface area contributed by atoms with Crippen LogP contribution < -0.4 is 0 Å². The van der Waals surface area contributed by atoms with E-state index in [0.717, 1.165) is 19.4 Å². The molecule has 0 saturated carbocycles. The fraction of sp³-hybridized carbons (Fsp3) is 0.636. The molecule has 1 aliphatic heterocycles. The van der Waals surface area contributed by atoms with E-state index in [2.05, 4.69) is 6.58 Å². The van der Waals surface area contributed by atoms with E-state index < -0.39 is 5.97 Å². The number of piperidine rings is 1. The molecule has 1 unspecified atom stereocenters. The Morgan fingerprint density at radius 3 is 2.87 bits per heavy atom. The lowest BCUT2D eigenvalue weighted by Gasteiger charge is -2.31. The Balaban J connectivity index is 2.44. The molecule has 1 saturated heterocycles. The summed E-state index contributed by atoms with van der Waals surface area (Å²) in [5.41, 5.74) is 0. The lowest BCUT2D eigenvalue weighted by atomic mass is 9.95. The van der Waals surface area contributed by atoms with Gasteiger partial charge in [-0.15, -0.1) is 6.58 Å². The lowest BCUT2D eigenvalue weighted by Crippen LogP contribution is -2.40. The van der Waals surface area contributed by atoms with Crippen LogP contribution in [0.5, 0.6) is 0 Å². The average molecular weight is 211 g/mol. The van der Waals surface area contributed by atoms with E-state index in [9.17, 15) is 9.59 Å². The van der Waals surface area contributed by atoms with Crippen LogP contribution >= 0.6 is 0 Å². The first-order valence-corrected chi connectivity index (χ1v) is 5.24. The van der Waals surface area contributed by atoms with Crippen LogP contribution in [-0.2, 0) is 9.59 Å². The first-order chi connectivity index (χ1) is 7.13. The van der Waals surface area contributed by atoms with E-state index >= 15 is 0 Å². The molecule has 1 amide bonds. The second kappa shape index (κ2) is 5.53. The van der Waals surface area contributed by atoms with Crippen molar-refractivity contribution >= 4 is 11.9 Å². The van der Waals surface area contributed by atoms with Crippen LogP contribution in [0.15, 0.2) is 12.7 Å². The predicted molar refractivity (Wildman–Crippen MR) is 56.4 cm³/mol. The molecule has 1 heterocycles. The highest BCUT2D eigenvalue weighted by molar-refractivity contribution is 5.77. The third-order valence-electron chi connectivity index (χ3n) is 2.65. The summed E-state index contributed by atoms with van der Waals surface area (Å²) in [5.74, 6) is -0.608. The fourth-order valence-corrected chi connectivity index (χ4v) is 1.96. The molecule has 0 aromatic rings. The molecule has 0 aromatic carbocycles. The zero-order valence-electron chi connectivity index (χ0n) is 8.82. The topological polar surface area (TPSA) is 57.6 Å². The number of carboxylic acids is 1. The smallest absolute Gasteiger partial charge is 0.303 e. The molecule has 0 radical (unpaired) electrons. The predicted octanol–water partition coefficient (Wildman–Crippen LogP) is 1.28. The highest BCUT2D eigenvalue weighted by Crippen LogP contribution is 2.20. The summed E-state index contributed by atoms with van der Waals surface area (Å²) in [7, 11) is 0. The summed E-state index contributed by atoms with van der Waals surface area (Å²) in [4.78, 5) is 23.8. The molecular weight excluding hydrogens is 194 g/mol. The molecule has 1 aliphatic rings. The third-order valence-corrected chi connectivity index (χ3v) is 2.65. The molecular formula is C11H17NO3. The van der Waals surface area contributed by atoms with Crippen molar-refractivity contribution in [3.05, 3.63) is 12.7 Å². The van der Waals surface area contributed by atoms with Gasteiger partial charge in [0.05, 0.1) is 0 Å². The number of carbonyl (C=O) groups is 2.